The molecule has 0 saturated heterocycles. The third kappa shape index (κ3) is 5.30. The van der Waals surface area contributed by atoms with Crippen LogP contribution < -0.4 is 4.90 Å². The van der Waals surface area contributed by atoms with Gasteiger partial charge in [0.1, 0.15) is 11.2 Å². The van der Waals surface area contributed by atoms with Crippen LogP contribution in [0.1, 0.15) is 0 Å². The first-order valence-corrected chi connectivity index (χ1v) is 21.9. The minimum absolute atomic E-state index is 0.899. The van der Waals surface area contributed by atoms with Gasteiger partial charge in [-0.3, -0.25) is 0 Å². The largest absolute Gasteiger partial charge is 0.455 e. The molecule has 3 nitrogen and oxygen atoms in total. The second-order valence-corrected chi connectivity index (χ2v) is 17.1. The Morgan fingerprint density at radius 3 is 1.89 bits per heavy atom. The van der Waals surface area contributed by atoms with Crippen molar-refractivity contribution in [1.29, 1.82) is 0 Å². The first kappa shape index (κ1) is 34.9. The number of para-hydroxylation sites is 4. The van der Waals surface area contributed by atoms with Gasteiger partial charge in [0.2, 0.25) is 0 Å². The Morgan fingerprint density at radius 2 is 1.05 bits per heavy atom. The second-order valence-electron chi connectivity index (χ2n) is 16.0. The molecule has 0 aliphatic heterocycles. The van der Waals surface area contributed by atoms with Crippen LogP contribution >= 0.6 is 11.3 Å². The zero-order chi connectivity index (χ0) is 40.7. The smallest absolute Gasteiger partial charge is 0.143 e. The standard InChI is InChI=1S/C58H36N2OS/c1-2-21-42-37(15-1)16-13-30-50(42)60(41-20-11-17-38(35-41)43-26-14-27-48-47-24-5-9-31-54(47)61-57(43)48)53-34-33-44(58-56(53)49-25-6-10-32-55(49)62-58)39-18-12-19-40(36-39)59-51-28-7-3-22-45(51)46-23-4-8-29-52(46)59/h1-36H. The summed E-state index contributed by atoms with van der Waals surface area (Å²) in [5, 5.41) is 9.65. The quantitative estimate of drug-likeness (QED) is 0.167. The van der Waals surface area contributed by atoms with Crippen LogP contribution in [0.4, 0.5) is 17.1 Å². The van der Waals surface area contributed by atoms with E-state index >= 15 is 0 Å². The number of hydrogen-bond donors (Lipinski definition) is 0. The number of hydrogen-bond acceptors (Lipinski definition) is 3. The van der Waals surface area contributed by atoms with E-state index in [1.807, 2.05) is 17.4 Å². The number of nitrogens with zero attached hydrogens (tertiary/aromatic N) is 2. The third-order valence-electron chi connectivity index (χ3n) is 12.6. The number of thiophene rings is 1. The van der Waals surface area contributed by atoms with Crippen LogP contribution in [-0.4, -0.2) is 4.57 Å². The molecular weight excluding hydrogens is 773 g/mol. The maximum absolute atomic E-state index is 6.58. The molecular formula is C58H36N2OS. The van der Waals surface area contributed by atoms with Crippen molar-refractivity contribution < 1.29 is 4.42 Å². The minimum atomic E-state index is 0.899. The first-order valence-electron chi connectivity index (χ1n) is 21.1. The molecule has 0 N–H and O–H groups in total. The van der Waals surface area contributed by atoms with E-state index in [-0.39, 0.29) is 0 Å². The van der Waals surface area contributed by atoms with Gasteiger partial charge in [-0.15, -0.1) is 11.3 Å². The van der Waals surface area contributed by atoms with Gasteiger partial charge in [-0.05, 0) is 82.7 Å². The van der Waals surface area contributed by atoms with Gasteiger partial charge in [0.25, 0.3) is 0 Å². The zero-order valence-corrected chi connectivity index (χ0v) is 34.3. The van der Waals surface area contributed by atoms with Crippen molar-refractivity contribution in [3.63, 3.8) is 0 Å². The number of aromatic nitrogens is 1. The number of fused-ring (bicyclic) bond motifs is 10. The fourth-order valence-corrected chi connectivity index (χ4v) is 11.1. The molecule has 0 saturated carbocycles. The molecule has 0 atom stereocenters. The molecule has 13 aromatic rings. The van der Waals surface area contributed by atoms with E-state index in [2.05, 4.69) is 222 Å². The average Bonchev–Trinajstić information content (AvgIpc) is 4.02. The van der Waals surface area contributed by atoms with Crippen molar-refractivity contribution in [3.05, 3.63) is 218 Å². The molecule has 0 spiro atoms. The molecule has 13 rings (SSSR count). The fourth-order valence-electron chi connectivity index (χ4n) is 9.84. The number of rotatable bonds is 6. The molecule has 3 heterocycles. The predicted molar refractivity (Wildman–Crippen MR) is 264 cm³/mol. The Balaban J connectivity index is 1.05. The first-order chi connectivity index (χ1) is 30.8. The molecule has 290 valence electrons. The van der Waals surface area contributed by atoms with Crippen molar-refractivity contribution in [2.75, 3.05) is 4.90 Å². The van der Waals surface area contributed by atoms with Gasteiger partial charge >= 0.3 is 0 Å². The molecule has 4 heteroatoms. The van der Waals surface area contributed by atoms with Crippen LogP contribution in [0.2, 0.25) is 0 Å². The Morgan fingerprint density at radius 1 is 0.419 bits per heavy atom. The van der Waals surface area contributed by atoms with Crippen LogP contribution in [0.15, 0.2) is 223 Å². The summed E-state index contributed by atoms with van der Waals surface area (Å²) in [4.78, 5) is 2.48. The van der Waals surface area contributed by atoms with Gasteiger partial charge in [-0.1, -0.05) is 158 Å². The summed E-state index contributed by atoms with van der Waals surface area (Å²) in [7, 11) is 0. The molecule has 0 radical (unpaired) electrons. The Kier molecular flexibility index (Phi) is 7.78. The Labute approximate surface area is 361 Å². The van der Waals surface area contributed by atoms with E-state index in [1.54, 1.807) is 0 Å². The van der Waals surface area contributed by atoms with Crippen molar-refractivity contribution >= 4 is 103 Å². The van der Waals surface area contributed by atoms with Crippen LogP contribution in [0.5, 0.6) is 0 Å². The normalized spacial score (nSPS) is 11.9. The molecule has 62 heavy (non-hydrogen) atoms. The summed E-state index contributed by atoms with van der Waals surface area (Å²) in [6.07, 6.45) is 0. The Hall–Kier alpha value is -7.92. The highest BCUT2D eigenvalue weighted by Gasteiger charge is 2.24. The lowest BCUT2D eigenvalue weighted by atomic mass is 9.98. The molecule has 0 unspecified atom stereocenters. The number of furan rings is 1. The van der Waals surface area contributed by atoms with E-state index < -0.39 is 0 Å². The van der Waals surface area contributed by atoms with E-state index in [9.17, 15) is 0 Å². The number of benzene rings is 10. The van der Waals surface area contributed by atoms with Gasteiger partial charge in [0.05, 0.1) is 22.4 Å². The van der Waals surface area contributed by atoms with Crippen molar-refractivity contribution in [1.82, 2.24) is 4.57 Å². The highest BCUT2D eigenvalue weighted by atomic mass is 32.1. The second kappa shape index (κ2) is 13.8. The summed E-state index contributed by atoms with van der Waals surface area (Å²) in [6.45, 7) is 0. The van der Waals surface area contributed by atoms with Crippen molar-refractivity contribution in [2.24, 2.45) is 0 Å². The van der Waals surface area contributed by atoms with Crippen molar-refractivity contribution in [2.45, 2.75) is 0 Å². The van der Waals surface area contributed by atoms with E-state index in [1.165, 1.54) is 63.9 Å². The molecule has 0 aliphatic rings. The van der Waals surface area contributed by atoms with Gasteiger partial charge in [-0.25, -0.2) is 0 Å². The van der Waals surface area contributed by atoms with Crippen LogP contribution in [0, 0.1) is 0 Å². The molecule has 0 aliphatic carbocycles. The summed E-state index contributed by atoms with van der Waals surface area (Å²) < 4.78 is 11.5. The lowest BCUT2D eigenvalue weighted by molar-refractivity contribution is 0.670. The summed E-state index contributed by atoms with van der Waals surface area (Å²) in [6, 6.07) is 79.2. The summed E-state index contributed by atoms with van der Waals surface area (Å²) in [5.41, 5.74) is 13.3. The topological polar surface area (TPSA) is 21.3 Å². The highest BCUT2D eigenvalue weighted by molar-refractivity contribution is 7.26. The van der Waals surface area contributed by atoms with Gasteiger partial charge in [-0.2, -0.15) is 0 Å². The zero-order valence-electron chi connectivity index (χ0n) is 33.5. The van der Waals surface area contributed by atoms with Gasteiger partial charge in [0.15, 0.2) is 0 Å². The van der Waals surface area contributed by atoms with Crippen molar-refractivity contribution in [3.8, 4) is 27.9 Å². The molecule has 0 fully saturated rings. The molecule has 10 aromatic carbocycles. The highest BCUT2D eigenvalue weighted by Crippen LogP contribution is 2.50. The van der Waals surface area contributed by atoms with Crippen LogP contribution in [-0.2, 0) is 0 Å². The fraction of sp³-hybridized carbons (Fsp3) is 0. The van der Waals surface area contributed by atoms with E-state index in [4.69, 9.17) is 4.42 Å². The maximum atomic E-state index is 6.58. The van der Waals surface area contributed by atoms with E-state index in [0.29, 0.717) is 0 Å². The maximum Gasteiger partial charge on any atom is 0.143 e. The SMILES string of the molecule is c1cc(-c2cccc3c2oc2ccccc23)cc(N(c2cccc3ccccc23)c2ccc(-c3cccc(-n4c5ccccc5c5ccccc54)c3)c3sc4ccccc4c23)c1. The lowest BCUT2D eigenvalue weighted by Crippen LogP contribution is -2.11. The van der Waals surface area contributed by atoms with Crippen LogP contribution in [0.3, 0.4) is 0 Å². The molecule has 3 aromatic heterocycles. The Bertz CT molecular complexity index is 3850. The van der Waals surface area contributed by atoms with Crippen LogP contribution in [0.25, 0.3) is 103 Å². The molecule has 0 amide bonds. The summed E-state index contributed by atoms with van der Waals surface area (Å²) >= 11 is 1.87. The van der Waals surface area contributed by atoms with Gasteiger partial charge < -0.3 is 13.9 Å². The minimum Gasteiger partial charge on any atom is -0.455 e. The predicted octanol–water partition coefficient (Wildman–Crippen LogP) is 17.0. The summed E-state index contributed by atoms with van der Waals surface area (Å²) in [5.74, 6) is 0. The van der Waals surface area contributed by atoms with Gasteiger partial charge in [0, 0.05) is 64.0 Å². The van der Waals surface area contributed by atoms with E-state index in [0.717, 1.165) is 55.8 Å². The average molecular weight is 809 g/mol. The third-order valence-corrected chi connectivity index (χ3v) is 13.8. The monoisotopic (exact) mass is 808 g/mol. The molecule has 0 bridgehead atoms. The lowest BCUT2D eigenvalue weighted by Gasteiger charge is -2.28. The number of anilines is 3.